The Morgan fingerprint density at radius 1 is 1.00 bits per heavy atom. The standard InChI is InChI=1S/C25H24N2O5/c1-13(2)23(30)15-6-5-7-19-17(10-15)18-11-16(12-26-14(3)4)24-25(22(18)27-19)32-21(29)9-8-20(28)31-24/h5-11,13-14,26H,12H2,1-4H3/b9-8+. The van der Waals surface area contributed by atoms with Gasteiger partial charge in [0.15, 0.2) is 17.3 Å². The molecular formula is C25H24N2O5. The van der Waals surface area contributed by atoms with E-state index in [1.807, 2.05) is 45.9 Å². The largest absolute Gasteiger partial charge is 0.419 e. The monoisotopic (exact) mass is 432 g/mol. The maximum atomic E-state index is 12.7. The van der Waals surface area contributed by atoms with E-state index in [1.165, 1.54) is 0 Å². The summed E-state index contributed by atoms with van der Waals surface area (Å²) in [5, 5.41) is 4.02. The molecular weight excluding hydrogens is 408 g/mol. The molecule has 0 saturated carbocycles. The van der Waals surface area contributed by atoms with Crippen molar-refractivity contribution in [2.24, 2.45) is 5.92 Å². The zero-order valence-corrected chi connectivity index (χ0v) is 18.4. The second kappa shape index (κ2) is 8.51. The zero-order valence-electron chi connectivity index (χ0n) is 18.4. The lowest BCUT2D eigenvalue weighted by atomic mass is 10.00. The van der Waals surface area contributed by atoms with Crippen LogP contribution in [0.1, 0.15) is 43.6 Å². The third-order valence-electron chi connectivity index (χ3n) is 5.19. The van der Waals surface area contributed by atoms with Gasteiger partial charge in [0.05, 0.1) is 5.69 Å². The molecule has 0 spiro atoms. The molecule has 0 fully saturated rings. The molecule has 0 aromatic heterocycles. The first-order valence-electron chi connectivity index (χ1n) is 10.5. The Hall–Kier alpha value is -3.58. The topological polar surface area (TPSA) is 94.6 Å². The number of rotatable bonds is 5. The van der Waals surface area contributed by atoms with Gasteiger partial charge < -0.3 is 14.8 Å². The van der Waals surface area contributed by atoms with Crippen LogP contribution in [0.2, 0.25) is 0 Å². The molecule has 1 aromatic rings. The Morgan fingerprint density at radius 3 is 2.34 bits per heavy atom. The minimum atomic E-state index is -0.688. The molecule has 7 heteroatoms. The first-order chi connectivity index (χ1) is 15.2. The number of ketones is 1. The van der Waals surface area contributed by atoms with Crippen LogP contribution in [0.25, 0.3) is 22.2 Å². The number of nitrogens with zero attached hydrogens (tertiary/aromatic N) is 1. The predicted octanol–water partition coefficient (Wildman–Crippen LogP) is 4.06. The molecule has 32 heavy (non-hydrogen) atoms. The van der Waals surface area contributed by atoms with Crippen molar-refractivity contribution in [2.75, 3.05) is 0 Å². The Labute approximate surface area is 185 Å². The summed E-state index contributed by atoms with van der Waals surface area (Å²) in [5.41, 5.74) is 3.01. The van der Waals surface area contributed by atoms with Gasteiger partial charge in [0.25, 0.3) is 0 Å². The van der Waals surface area contributed by atoms with Gasteiger partial charge in [0, 0.05) is 52.7 Å². The Balaban J connectivity index is 2.01. The van der Waals surface area contributed by atoms with Gasteiger partial charge in [-0.05, 0) is 18.2 Å². The zero-order chi connectivity index (χ0) is 23.0. The molecule has 0 unspecified atom stereocenters. The number of nitrogens with one attached hydrogen (secondary N) is 1. The lowest BCUT2D eigenvalue weighted by Crippen LogP contribution is -2.23. The molecule has 3 aliphatic rings. The number of Topliss-reactive ketones (excluding diaryl/α,β-unsaturated/α-hetero) is 1. The fourth-order valence-electron chi connectivity index (χ4n) is 3.59. The van der Waals surface area contributed by atoms with E-state index in [-0.39, 0.29) is 29.2 Å². The van der Waals surface area contributed by atoms with Crippen LogP contribution < -0.4 is 14.8 Å². The summed E-state index contributed by atoms with van der Waals surface area (Å²) in [4.78, 5) is 41.7. The fourth-order valence-corrected chi connectivity index (χ4v) is 3.59. The minimum absolute atomic E-state index is 0.0234. The van der Waals surface area contributed by atoms with Crippen LogP contribution in [0.4, 0.5) is 0 Å². The van der Waals surface area contributed by atoms with E-state index in [1.54, 1.807) is 12.1 Å². The lowest BCUT2D eigenvalue weighted by Gasteiger charge is -2.17. The van der Waals surface area contributed by atoms with Crippen LogP contribution in [0.5, 0.6) is 11.5 Å². The molecule has 2 heterocycles. The fraction of sp³-hybridized carbons (Fsp3) is 0.280. The molecule has 164 valence electrons. The van der Waals surface area contributed by atoms with Crippen LogP contribution in [0.15, 0.2) is 42.5 Å². The van der Waals surface area contributed by atoms with Crippen molar-refractivity contribution >= 4 is 28.6 Å². The van der Waals surface area contributed by atoms with Crippen molar-refractivity contribution in [1.29, 1.82) is 0 Å². The van der Waals surface area contributed by atoms with Crippen LogP contribution in [0, 0.1) is 5.92 Å². The number of hydrogen-bond acceptors (Lipinski definition) is 7. The second-order valence-corrected chi connectivity index (χ2v) is 8.36. The van der Waals surface area contributed by atoms with Crippen molar-refractivity contribution < 1.29 is 23.9 Å². The van der Waals surface area contributed by atoms with Crippen molar-refractivity contribution in [1.82, 2.24) is 10.3 Å². The maximum Gasteiger partial charge on any atom is 0.336 e. The second-order valence-electron chi connectivity index (χ2n) is 8.36. The molecule has 0 amide bonds. The molecule has 7 nitrogen and oxygen atoms in total. The van der Waals surface area contributed by atoms with E-state index in [9.17, 15) is 14.4 Å². The van der Waals surface area contributed by atoms with Gasteiger partial charge in [-0.1, -0.05) is 39.8 Å². The molecule has 4 rings (SSSR count). The van der Waals surface area contributed by atoms with Gasteiger partial charge >= 0.3 is 11.9 Å². The Morgan fingerprint density at radius 2 is 1.69 bits per heavy atom. The molecule has 1 N–H and O–H groups in total. The number of carbonyl (C=O) groups is 3. The summed E-state index contributed by atoms with van der Waals surface area (Å²) in [6.45, 7) is 8.09. The summed E-state index contributed by atoms with van der Waals surface area (Å²) in [5.74, 6) is -1.22. The number of esters is 2. The molecule has 0 bridgehead atoms. The van der Waals surface area contributed by atoms with Crippen LogP contribution in [-0.4, -0.2) is 28.7 Å². The summed E-state index contributed by atoms with van der Waals surface area (Å²) in [7, 11) is 0. The number of hydrogen-bond donors (Lipinski definition) is 1. The van der Waals surface area contributed by atoms with Gasteiger partial charge in [-0.2, -0.15) is 0 Å². The van der Waals surface area contributed by atoms with Crippen LogP contribution in [0.3, 0.4) is 0 Å². The lowest BCUT2D eigenvalue weighted by molar-refractivity contribution is -0.133. The summed E-state index contributed by atoms with van der Waals surface area (Å²) in [6.07, 6.45) is 2.06. The van der Waals surface area contributed by atoms with Gasteiger partial charge in [-0.25, -0.2) is 14.6 Å². The normalized spacial score (nSPS) is 14.8. The average molecular weight is 432 g/mol. The minimum Gasteiger partial charge on any atom is -0.419 e. The van der Waals surface area contributed by atoms with Gasteiger partial charge in [-0.3, -0.25) is 4.79 Å². The van der Waals surface area contributed by atoms with E-state index in [4.69, 9.17) is 9.47 Å². The molecule has 0 atom stereocenters. The third-order valence-corrected chi connectivity index (χ3v) is 5.19. The SMILES string of the molecule is CC(C)NCc1cc2c3cc(C(=O)C(C)C)cccc-3nc2c2c1OC(=O)/C=C/C(=O)O2. The summed E-state index contributed by atoms with van der Waals surface area (Å²) in [6, 6.07) is 9.23. The number of aromatic nitrogens is 1. The first-order valence-corrected chi connectivity index (χ1v) is 10.5. The average Bonchev–Trinajstić information content (AvgIpc) is 2.92. The van der Waals surface area contributed by atoms with E-state index < -0.39 is 11.9 Å². The highest BCUT2D eigenvalue weighted by Crippen LogP contribution is 2.44. The summed E-state index contributed by atoms with van der Waals surface area (Å²) >= 11 is 0. The Bertz CT molecular complexity index is 1240. The molecule has 1 aliphatic carbocycles. The Kier molecular flexibility index (Phi) is 5.76. The van der Waals surface area contributed by atoms with Gasteiger partial charge in [0.2, 0.25) is 0 Å². The third kappa shape index (κ3) is 4.11. The molecule has 0 radical (unpaired) electrons. The van der Waals surface area contributed by atoms with Crippen molar-refractivity contribution in [3.63, 3.8) is 0 Å². The van der Waals surface area contributed by atoms with E-state index >= 15 is 0 Å². The maximum absolute atomic E-state index is 12.7. The highest BCUT2D eigenvalue weighted by Gasteiger charge is 2.27. The highest BCUT2D eigenvalue weighted by molar-refractivity contribution is 6.07. The number of carbonyl (C=O) groups excluding carboxylic acids is 3. The molecule has 0 saturated heterocycles. The van der Waals surface area contributed by atoms with Crippen molar-refractivity contribution in [3.8, 4) is 22.8 Å². The number of fused-ring (bicyclic) bond motifs is 5. The quantitative estimate of drug-likeness (QED) is 0.369. The highest BCUT2D eigenvalue weighted by atomic mass is 16.6. The number of benzene rings is 1. The van der Waals surface area contributed by atoms with Crippen LogP contribution >= 0.6 is 0 Å². The van der Waals surface area contributed by atoms with Crippen molar-refractivity contribution in [3.05, 3.63) is 53.6 Å². The molecule has 2 aliphatic heterocycles. The van der Waals surface area contributed by atoms with Crippen LogP contribution in [-0.2, 0) is 16.1 Å². The van der Waals surface area contributed by atoms with E-state index in [0.717, 1.165) is 17.7 Å². The number of ether oxygens (including phenoxy) is 2. The first kappa shape index (κ1) is 21.6. The van der Waals surface area contributed by atoms with E-state index in [2.05, 4.69) is 10.3 Å². The van der Waals surface area contributed by atoms with Gasteiger partial charge in [-0.15, -0.1) is 0 Å². The smallest absolute Gasteiger partial charge is 0.336 e. The van der Waals surface area contributed by atoms with Crippen molar-refractivity contribution in [2.45, 2.75) is 40.3 Å². The predicted molar refractivity (Wildman–Crippen MR) is 120 cm³/mol. The van der Waals surface area contributed by atoms with Gasteiger partial charge in [0.1, 0.15) is 5.52 Å². The van der Waals surface area contributed by atoms with E-state index in [0.29, 0.717) is 34.3 Å². The molecule has 1 aromatic carbocycles. The summed E-state index contributed by atoms with van der Waals surface area (Å²) < 4.78 is 11.1.